The molecule has 8 heteroatoms. The van der Waals surface area contributed by atoms with Crippen LogP contribution in [0.1, 0.15) is 48.8 Å². The van der Waals surface area contributed by atoms with Crippen molar-refractivity contribution in [2.24, 2.45) is 5.92 Å². The van der Waals surface area contributed by atoms with Crippen LogP contribution in [0.15, 0.2) is 52.4 Å². The van der Waals surface area contributed by atoms with E-state index in [1.165, 1.54) is 22.2 Å². The van der Waals surface area contributed by atoms with E-state index in [0.29, 0.717) is 21.8 Å². The van der Waals surface area contributed by atoms with Crippen molar-refractivity contribution in [1.82, 2.24) is 9.55 Å². The number of thiophene rings is 1. The van der Waals surface area contributed by atoms with E-state index >= 15 is 0 Å². The van der Waals surface area contributed by atoms with Crippen LogP contribution in [0.25, 0.3) is 15.9 Å². The largest absolute Gasteiger partial charge is 0.308 e. The highest BCUT2D eigenvalue weighted by molar-refractivity contribution is 8.00. The maximum Gasteiger partial charge on any atom is 0.267 e. The molecular formula is C30H30ClN3O2S2. The minimum Gasteiger partial charge on any atom is -0.308 e. The van der Waals surface area contributed by atoms with Gasteiger partial charge in [-0.05, 0) is 87.3 Å². The number of hydrogen-bond donors (Lipinski definition) is 0. The second-order valence-corrected chi connectivity index (χ2v) is 13.4. The van der Waals surface area contributed by atoms with E-state index in [9.17, 15) is 9.59 Å². The number of carbonyl (C=O) groups is 1. The Bertz CT molecular complexity index is 1640. The number of benzene rings is 2. The molecule has 4 aromatic rings. The first kappa shape index (κ1) is 25.7. The molecule has 0 spiro atoms. The molecule has 38 heavy (non-hydrogen) atoms. The number of aryl methyl sites for hydroxylation is 2. The smallest absolute Gasteiger partial charge is 0.267 e. The van der Waals surface area contributed by atoms with E-state index in [2.05, 4.69) is 19.9 Å². The average molecular weight is 564 g/mol. The average Bonchev–Trinajstić information content (AvgIpc) is 3.41. The van der Waals surface area contributed by atoms with Crippen molar-refractivity contribution in [2.45, 2.75) is 69.8 Å². The number of amides is 1. The number of aromatic nitrogens is 2. The normalized spacial score (nSPS) is 19.4. The molecule has 1 aliphatic carbocycles. The zero-order valence-corrected chi connectivity index (χ0v) is 24.3. The Labute approximate surface area is 235 Å². The van der Waals surface area contributed by atoms with Gasteiger partial charge in [0, 0.05) is 21.6 Å². The van der Waals surface area contributed by atoms with Gasteiger partial charge in [0.25, 0.3) is 5.56 Å². The van der Waals surface area contributed by atoms with Crippen molar-refractivity contribution in [2.75, 3.05) is 4.90 Å². The van der Waals surface area contributed by atoms with Gasteiger partial charge in [-0.25, -0.2) is 4.98 Å². The van der Waals surface area contributed by atoms with E-state index in [1.54, 1.807) is 15.9 Å². The molecule has 1 amide bonds. The Morgan fingerprint density at radius 1 is 1.18 bits per heavy atom. The van der Waals surface area contributed by atoms with Gasteiger partial charge >= 0.3 is 0 Å². The molecule has 2 aliphatic rings. The van der Waals surface area contributed by atoms with Crippen molar-refractivity contribution < 1.29 is 4.79 Å². The van der Waals surface area contributed by atoms with Crippen molar-refractivity contribution in [3.63, 3.8) is 0 Å². The van der Waals surface area contributed by atoms with E-state index in [4.69, 9.17) is 16.6 Å². The van der Waals surface area contributed by atoms with Crippen molar-refractivity contribution >= 4 is 56.5 Å². The predicted molar refractivity (Wildman–Crippen MR) is 159 cm³/mol. The minimum absolute atomic E-state index is 0.0228. The fourth-order valence-corrected chi connectivity index (χ4v) is 8.28. The molecule has 0 N–H and O–H groups in total. The van der Waals surface area contributed by atoms with E-state index < -0.39 is 5.25 Å². The summed E-state index contributed by atoms with van der Waals surface area (Å²) in [6, 6.07) is 13.8. The monoisotopic (exact) mass is 563 g/mol. The van der Waals surface area contributed by atoms with E-state index in [-0.39, 0.29) is 17.5 Å². The number of para-hydroxylation sites is 1. The number of hydrogen-bond acceptors (Lipinski definition) is 5. The molecular weight excluding hydrogens is 534 g/mol. The predicted octanol–water partition coefficient (Wildman–Crippen LogP) is 6.99. The van der Waals surface area contributed by atoms with E-state index in [1.807, 2.05) is 55.1 Å². The summed E-state index contributed by atoms with van der Waals surface area (Å²) < 4.78 is 1.66. The Morgan fingerprint density at radius 3 is 2.76 bits per heavy atom. The third-order valence-electron chi connectivity index (χ3n) is 7.79. The van der Waals surface area contributed by atoms with Crippen LogP contribution in [0.3, 0.4) is 0 Å². The van der Waals surface area contributed by atoms with Gasteiger partial charge in [0.1, 0.15) is 4.83 Å². The lowest BCUT2D eigenvalue weighted by molar-refractivity contribution is -0.118. The number of fused-ring (bicyclic) bond motifs is 4. The zero-order chi connectivity index (χ0) is 26.7. The number of halogens is 1. The lowest BCUT2D eigenvalue weighted by atomic mass is 9.89. The van der Waals surface area contributed by atoms with Crippen LogP contribution >= 0.6 is 34.7 Å². The van der Waals surface area contributed by atoms with Gasteiger partial charge in [-0.15, -0.1) is 11.3 Å². The maximum absolute atomic E-state index is 14.2. The minimum atomic E-state index is -0.435. The Hall–Kier alpha value is -2.61. The molecule has 0 fully saturated rings. The third-order valence-corrected chi connectivity index (χ3v) is 10.4. The van der Waals surface area contributed by atoms with E-state index in [0.717, 1.165) is 52.7 Å². The highest BCUT2D eigenvalue weighted by Crippen LogP contribution is 2.39. The van der Waals surface area contributed by atoms with Gasteiger partial charge in [-0.3, -0.25) is 14.2 Å². The van der Waals surface area contributed by atoms with Gasteiger partial charge in [0.15, 0.2) is 5.16 Å². The molecule has 0 radical (unpaired) electrons. The first-order valence-corrected chi connectivity index (χ1v) is 15.2. The molecule has 6 rings (SSSR count). The molecule has 0 unspecified atom stereocenters. The maximum atomic E-state index is 14.2. The number of nitrogens with zero attached hydrogens (tertiary/aromatic N) is 3. The molecule has 3 atom stereocenters. The van der Waals surface area contributed by atoms with Crippen LogP contribution in [-0.4, -0.2) is 26.8 Å². The summed E-state index contributed by atoms with van der Waals surface area (Å²) in [5.74, 6) is 0.625. The lowest BCUT2D eigenvalue weighted by Crippen LogP contribution is -2.40. The topological polar surface area (TPSA) is 55.2 Å². The van der Waals surface area contributed by atoms with Gasteiger partial charge in [-0.1, -0.05) is 54.6 Å². The first-order chi connectivity index (χ1) is 18.2. The molecule has 196 valence electrons. The van der Waals surface area contributed by atoms with Crippen LogP contribution in [0.2, 0.25) is 5.02 Å². The Balaban J connectivity index is 1.45. The number of thioether (sulfide) groups is 1. The molecule has 3 heterocycles. The summed E-state index contributed by atoms with van der Waals surface area (Å²) >= 11 is 9.48. The van der Waals surface area contributed by atoms with Crippen molar-refractivity contribution in [3.8, 4) is 5.69 Å². The van der Waals surface area contributed by atoms with Gasteiger partial charge in [-0.2, -0.15) is 0 Å². The van der Waals surface area contributed by atoms with Crippen molar-refractivity contribution in [1.29, 1.82) is 0 Å². The van der Waals surface area contributed by atoms with Crippen LogP contribution in [-0.2, 0) is 24.1 Å². The van der Waals surface area contributed by atoms with Gasteiger partial charge < -0.3 is 4.90 Å². The number of rotatable bonds is 4. The summed E-state index contributed by atoms with van der Waals surface area (Å²) in [6.45, 7) is 8.20. The SMILES string of the molecule is Cc1ccc(-n2c(S[C@@H](C)C(=O)N3c4ccccc4C[C@H]3C)nc3sc4c(c3c2=O)CC[C@@H](C)C4)cc1Cl. The van der Waals surface area contributed by atoms with Gasteiger partial charge in [0.2, 0.25) is 5.91 Å². The molecule has 0 saturated heterocycles. The first-order valence-electron chi connectivity index (χ1n) is 13.1. The van der Waals surface area contributed by atoms with Crippen LogP contribution in [0.4, 0.5) is 5.69 Å². The van der Waals surface area contributed by atoms with Crippen LogP contribution < -0.4 is 10.5 Å². The fourth-order valence-electron chi connectivity index (χ4n) is 5.70. The lowest BCUT2D eigenvalue weighted by Gasteiger charge is -2.26. The molecule has 2 aromatic carbocycles. The Kier molecular flexibility index (Phi) is 6.65. The molecule has 0 bridgehead atoms. The summed E-state index contributed by atoms with van der Waals surface area (Å²) in [5.41, 5.74) is 4.85. The molecule has 5 nitrogen and oxygen atoms in total. The summed E-state index contributed by atoms with van der Waals surface area (Å²) in [6.07, 6.45) is 3.80. The highest BCUT2D eigenvalue weighted by Gasteiger charge is 2.34. The summed E-state index contributed by atoms with van der Waals surface area (Å²) in [5, 5.41) is 1.40. The second kappa shape index (κ2) is 9.85. The molecule has 1 aliphatic heterocycles. The molecule has 2 aromatic heterocycles. The summed E-state index contributed by atoms with van der Waals surface area (Å²) in [7, 11) is 0. The van der Waals surface area contributed by atoms with Crippen LogP contribution in [0, 0.1) is 12.8 Å². The standard InChI is InChI=1S/C30H30ClN3O2S2/c1-16-9-12-22-25(13-16)38-27-26(22)29(36)34(21-11-10-17(2)23(31)15-21)30(32-27)37-19(4)28(35)33-18(3)14-20-7-5-6-8-24(20)33/h5-8,10-11,15-16,18-19H,9,12-14H2,1-4H3/t16-,18-,19+/m1/s1. The zero-order valence-electron chi connectivity index (χ0n) is 22.0. The molecule has 0 saturated carbocycles. The fraction of sp³-hybridized carbons (Fsp3) is 0.367. The number of carbonyl (C=O) groups excluding carboxylic acids is 1. The van der Waals surface area contributed by atoms with Crippen LogP contribution in [0.5, 0.6) is 0 Å². The number of anilines is 1. The quantitative estimate of drug-likeness (QED) is 0.198. The van der Waals surface area contributed by atoms with Gasteiger partial charge in [0.05, 0.1) is 16.3 Å². The Morgan fingerprint density at radius 2 is 1.97 bits per heavy atom. The highest BCUT2D eigenvalue weighted by atomic mass is 35.5. The third kappa shape index (κ3) is 4.29. The van der Waals surface area contributed by atoms with Crippen molar-refractivity contribution in [3.05, 3.63) is 79.4 Å². The second-order valence-electron chi connectivity index (χ2n) is 10.7. The summed E-state index contributed by atoms with van der Waals surface area (Å²) in [4.78, 5) is 36.9.